The number of likely N-dealkylation sites (N-methyl/N-ethyl adjacent to an activating group) is 1. The summed E-state index contributed by atoms with van der Waals surface area (Å²) < 4.78 is 1.37. The van der Waals surface area contributed by atoms with Gasteiger partial charge in [-0.2, -0.15) is 0 Å². The third kappa shape index (κ3) is 2.80. The summed E-state index contributed by atoms with van der Waals surface area (Å²) in [5, 5.41) is 18.4. The molecule has 0 aliphatic rings. The van der Waals surface area contributed by atoms with Crippen molar-refractivity contribution in [2.45, 2.75) is 6.54 Å². The minimum absolute atomic E-state index is 0.0580. The molecule has 1 aromatic heterocycles. The van der Waals surface area contributed by atoms with Gasteiger partial charge in [-0.3, -0.25) is 4.79 Å². The fourth-order valence-corrected chi connectivity index (χ4v) is 1.84. The molecular formula is C14H14N2O4. The molecule has 0 aliphatic carbocycles. The van der Waals surface area contributed by atoms with Gasteiger partial charge >= 0.3 is 5.97 Å². The van der Waals surface area contributed by atoms with E-state index >= 15 is 0 Å². The van der Waals surface area contributed by atoms with Crippen LogP contribution >= 0.6 is 0 Å². The number of carboxylic acid groups (broad SMARTS) is 1. The normalized spacial score (nSPS) is 10.2. The van der Waals surface area contributed by atoms with E-state index in [0.717, 1.165) is 0 Å². The van der Waals surface area contributed by atoms with Gasteiger partial charge in [-0.05, 0) is 24.3 Å². The predicted molar refractivity (Wildman–Crippen MR) is 72.9 cm³/mol. The Hall–Kier alpha value is -2.76. The van der Waals surface area contributed by atoms with Gasteiger partial charge in [0, 0.05) is 25.0 Å². The number of aromatic hydroxyl groups is 1. The molecule has 2 aromatic rings. The number of carboxylic acids is 1. The van der Waals surface area contributed by atoms with Crippen molar-refractivity contribution >= 4 is 17.6 Å². The lowest BCUT2D eigenvalue weighted by molar-refractivity contribution is -0.118. The van der Waals surface area contributed by atoms with Crippen molar-refractivity contribution in [1.82, 2.24) is 4.57 Å². The summed E-state index contributed by atoms with van der Waals surface area (Å²) in [7, 11) is 1.57. The van der Waals surface area contributed by atoms with Crippen LogP contribution in [0.4, 0.5) is 5.69 Å². The van der Waals surface area contributed by atoms with E-state index < -0.39 is 5.97 Å². The maximum absolute atomic E-state index is 12.1. The fraction of sp³-hybridized carbons (Fsp3) is 0.143. The molecule has 6 heteroatoms. The van der Waals surface area contributed by atoms with Crippen LogP contribution in [0.15, 0.2) is 42.6 Å². The van der Waals surface area contributed by atoms with Gasteiger partial charge < -0.3 is 19.7 Å². The summed E-state index contributed by atoms with van der Waals surface area (Å²) in [5.41, 5.74) is 0.599. The van der Waals surface area contributed by atoms with E-state index in [4.69, 9.17) is 5.11 Å². The first kappa shape index (κ1) is 13.7. The Morgan fingerprint density at radius 3 is 2.65 bits per heavy atom. The van der Waals surface area contributed by atoms with Gasteiger partial charge in [0.05, 0.1) is 0 Å². The van der Waals surface area contributed by atoms with Crippen LogP contribution in [0, 0.1) is 0 Å². The van der Waals surface area contributed by atoms with Crippen molar-refractivity contribution < 1.29 is 19.8 Å². The Balaban J connectivity index is 2.16. The summed E-state index contributed by atoms with van der Waals surface area (Å²) in [6.45, 7) is -0.0826. The maximum Gasteiger partial charge on any atom is 0.352 e. The van der Waals surface area contributed by atoms with E-state index in [-0.39, 0.29) is 23.9 Å². The van der Waals surface area contributed by atoms with Crippen LogP contribution in [0.5, 0.6) is 5.75 Å². The summed E-state index contributed by atoms with van der Waals surface area (Å²) >= 11 is 0. The molecule has 104 valence electrons. The number of hydrogen-bond acceptors (Lipinski definition) is 3. The van der Waals surface area contributed by atoms with Gasteiger partial charge in [0.1, 0.15) is 18.0 Å². The van der Waals surface area contributed by atoms with Crippen LogP contribution in [0.25, 0.3) is 0 Å². The number of nitrogens with zero attached hydrogens (tertiary/aromatic N) is 2. The summed E-state index contributed by atoms with van der Waals surface area (Å²) in [4.78, 5) is 24.5. The molecule has 1 amide bonds. The lowest BCUT2D eigenvalue weighted by atomic mass is 10.2. The molecule has 0 saturated heterocycles. The van der Waals surface area contributed by atoms with Gasteiger partial charge in [-0.25, -0.2) is 4.79 Å². The second-order valence-corrected chi connectivity index (χ2v) is 4.30. The Kier molecular flexibility index (Phi) is 3.74. The Labute approximate surface area is 115 Å². The van der Waals surface area contributed by atoms with Crippen molar-refractivity contribution in [2.24, 2.45) is 0 Å². The van der Waals surface area contributed by atoms with E-state index in [1.807, 2.05) is 0 Å². The fourth-order valence-electron chi connectivity index (χ4n) is 1.84. The summed E-state index contributed by atoms with van der Waals surface area (Å²) in [6, 6.07) is 9.30. The molecule has 0 bridgehead atoms. The topological polar surface area (TPSA) is 82.8 Å². The number of rotatable bonds is 4. The van der Waals surface area contributed by atoms with Gasteiger partial charge in [0.25, 0.3) is 0 Å². The van der Waals surface area contributed by atoms with Crippen LogP contribution in [0.3, 0.4) is 0 Å². The molecule has 1 heterocycles. The van der Waals surface area contributed by atoms with Crippen LogP contribution in [0.1, 0.15) is 10.5 Å². The highest BCUT2D eigenvalue weighted by Crippen LogP contribution is 2.19. The second kappa shape index (κ2) is 5.48. The number of hydrogen-bond donors (Lipinski definition) is 2. The largest absolute Gasteiger partial charge is 0.508 e. The summed E-state index contributed by atoms with van der Waals surface area (Å²) in [6.07, 6.45) is 1.54. The number of amides is 1. The molecule has 0 saturated carbocycles. The van der Waals surface area contributed by atoms with Crippen molar-refractivity contribution in [1.29, 1.82) is 0 Å². The number of aromatic nitrogens is 1. The number of phenols is 1. The number of carbonyl (C=O) groups excluding carboxylic acids is 1. The molecule has 0 atom stereocenters. The van der Waals surface area contributed by atoms with E-state index in [1.165, 1.54) is 33.9 Å². The predicted octanol–water partition coefficient (Wildman–Crippen LogP) is 1.55. The third-order valence-electron chi connectivity index (χ3n) is 2.95. The SMILES string of the molecule is CN(C(=O)Cn1cccc1C(=O)O)c1cccc(O)c1. The first-order chi connectivity index (χ1) is 9.49. The molecule has 6 nitrogen and oxygen atoms in total. The smallest absolute Gasteiger partial charge is 0.352 e. The molecule has 0 radical (unpaired) electrons. The first-order valence-corrected chi connectivity index (χ1v) is 5.93. The Bertz CT molecular complexity index is 648. The lowest BCUT2D eigenvalue weighted by Gasteiger charge is -2.18. The minimum Gasteiger partial charge on any atom is -0.508 e. The molecule has 0 fully saturated rings. The molecular weight excluding hydrogens is 260 g/mol. The van der Waals surface area contributed by atoms with Crippen LogP contribution in [0.2, 0.25) is 0 Å². The van der Waals surface area contributed by atoms with Gasteiger partial charge in [-0.1, -0.05) is 6.07 Å². The molecule has 0 spiro atoms. The average molecular weight is 274 g/mol. The maximum atomic E-state index is 12.1. The van der Waals surface area contributed by atoms with E-state index in [0.29, 0.717) is 5.69 Å². The van der Waals surface area contributed by atoms with E-state index in [2.05, 4.69) is 0 Å². The molecule has 0 aliphatic heterocycles. The van der Waals surface area contributed by atoms with Crippen LogP contribution < -0.4 is 4.90 Å². The zero-order chi connectivity index (χ0) is 14.7. The van der Waals surface area contributed by atoms with Crippen LogP contribution in [-0.4, -0.2) is 33.7 Å². The zero-order valence-electron chi connectivity index (χ0n) is 10.9. The highest BCUT2D eigenvalue weighted by Gasteiger charge is 2.15. The minimum atomic E-state index is -1.08. The van der Waals surface area contributed by atoms with E-state index in [1.54, 1.807) is 25.2 Å². The number of phenolic OH excluding ortho intramolecular Hbond substituents is 1. The highest BCUT2D eigenvalue weighted by molar-refractivity contribution is 5.94. The molecule has 1 aromatic carbocycles. The van der Waals surface area contributed by atoms with Crippen molar-refractivity contribution in [3.05, 3.63) is 48.3 Å². The third-order valence-corrected chi connectivity index (χ3v) is 2.95. The first-order valence-electron chi connectivity index (χ1n) is 5.93. The molecule has 0 unspecified atom stereocenters. The number of carbonyl (C=O) groups is 2. The van der Waals surface area contributed by atoms with Gasteiger partial charge in [-0.15, -0.1) is 0 Å². The second-order valence-electron chi connectivity index (χ2n) is 4.30. The van der Waals surface area contributed by atoms with Gasteiger partial charge in [0.2, 0.25) is 5.91 Å². The zero-order valence-corrected chi connectivity index (χ0v) is 10.9. The average Bonchev–Trinajstić information content (AvgIpc) is 2.86. The Morgan fingerprint density at radius 1 is 1.25 bits per heavy atom. The number of benzene rings is 1. The summed E-state index contributed by atoms with van der Waals surface area (Å²) in [5.74, 6) is -1.30. The molecule has 2 rings (SSSR count). The standard InChI is InChI=1S/C14H14N2O4/c1-15(10-4-2-5-11(17)8-10)13(18)9-16-7-3-6-12(16)14(19)20/h2-8,17H,9H2,1H3,(H,19,20). The van der Waals surface area contributed by atoms with Gasteiger partial charge in [0.15, 0.2) is 0 Å². The highest BCUT2D eigenvalue weighted by atomic mass is 16.4. The molecule has 20 heavy (non-hydrogen) atoms. The number of anilines is 1. The quantitative estimate of drug-likeness (QED) is 0.886. The lowest BCUT2D eigenvalue weighted by Crippen LogP contribution is -2.30. The monoisotopic (exact) mass is 274 g/mol. The van der Waals surface area contributed by atoms with Crippen molar-refractivity contribution in [2.75, 3.05) is 11.9 Å². The van der Waals surface area contributed by atoms with Crippen molar-refractivity contribution in [3.8, 4) is 5.75 Å². The van der Waals surface area contributed by atoms with E-state index in [9.17, 15) is 14.7 Å². The number of aromatic carboxylic acids is 1. The van der Waals surface area contributed by atoms with Crippen molar-refractivity contribution in [3.63, 3.8) is 0 Å². The van der Waals surface area contributed by atoms with Crippen LogP contribution in [-0.2, 0) is 11.3 Å². The molecule has 2 N–H and O–H groups in total. The Morgan fingerprint density at radius 2 is 2.00 bits per heavy atom.